The van der Waals surface area contributed by atoms with Crippen LogP contribution in [0.5, 0.6) is 0 Å². The summed E-state index contributed by atoms with van der Waals surface area (Å²) in [6, 6.07) is 5.73. The molecule has 2 aromatic heterocycles. The number of nitrogens with two attached hydrogens (primary N) is 1. The second-order valence-corrected chi connectivity index (χ2v) is 4.95. The summed E-state index contributed by atoms with van der Waals surface area (Å²) in [6.07, 6.45) is 1.55. The van der Waals surface area contributed by atoms with Crippen LogP contribution >= 0.6 is 11.3 Å². The van der Waals surface area contributed by atoms with Gasteiger partial charge in [0, 0.05) is 6.07 Å². The van der Waals surface area contributed by atoms with E-state index in [2.05, 4.69) is 5.16 Å². The fraction of sp³-hybridized carbons (Fsp3) is 0.273. The Kier molecular flexibility index (Phi) is 1.91. The molecule has 4 nitrogen and oxygen atoms in total. The number of aromatic nitrogens is 1. The van der Waals surface area contributed by atoms with E-state index in [1.54, 1.807) is 11.3 Å². The molecule has 1 aliphatic rings. The standard InChI is InChI=1S/C11H10N2O2S/c12-10(14)11(3-4-11)9-6-7(15-13-9)8-2-1-5-16-8/h1-2,5-6H,3-4H2,(H2,12,14). The maximum atomic E-state index is 11.3. The lowest BCUT2D eigenvalue weighted by molar-refractivity contribution is -0.120. The predicted molar refractivity (Wildman–Crippen MR) is 59.9 cm³/mol. The molecule has 2 aromatic rings. The number of carbonyl (C=O) groups excluding carboxylic acids is 1. The van der Waals surface area contributed by atoms with E-state index in [1.165, 1.54) is 0 Å². The first-order chi connectivity index (χ1) is 7.72. The number of hydrogen-bond acceptors (Lipinski definition) is 4. The van der Waals surface area contributed by atoms with Crippen molar-refractivity contribution in [3.05, 3.63) is 29.3 Å². The van der Waals surface area contributed by atoms with Crippen LogP contribution in [0.3, 0.4) is 0 Å². The Morgan fingerprint density at radius 2 is 2.38 bits per heavy atom. The van der Waals surface area contributed by atoms with Crippen LogP contribution in [0, 0.1) is 0 Å². The molecule has 1 aliphatic carbocycles. The van der Waals surface area contributed by atoms with Gasteiger partial charge in [-0.15, -0.1) is 11.3 Å². The number of nitrogens with zero attached hydrogens (tertiary/aromatic N) is 1. The Labute approximate surface area is 96.0 Å². The fourth-order valence-electron chi connectivity index (χ4n) is 1.79. The van der Waals surface area contributed by atoms with Crippen molar-refractivity contribution in [2.75, 3.05) is 0 Å². The van der Waals surface area contributed by atoms with Gasteiger partial charge in [-0.1, -0.05) is 11.2 Å². The van der Waals surface area contributed by atoms with Crippen molar-refractivity contribution in [1.29, 1.82) is 0 Å². The first-order valence-corrected chi connectivity index (χ1v) is 5.91. The smallest absolute Gasteiger partial charge is 0.229 e. The van der Waals surface area contributed by atoms with Crippen molar-refractivity contribution < 1.29 is 9.32 Å². The van der Waals surface area contributed by atoms with Gasteiger partial charge in [-0.2, -0.15) is 0 Å². The molecule has 0 bridgehead atoms. The van der Waals surface area contributed by atoms with Crippen LogP contribution in [-0.4, -0.2) is 11.1 Å². The number of hydrogen-bond donors (Lipinski definition) is 1. The molecule has 0 saturated heterocycles. The predicted octanol–water partition coefficient (Wildman–Crippen LogP) is 1.92. The summed E-state index contributed by atoms with van der Waals surface area (Å²) >= 11 is 1.58. The molecule has 2 heterocycles. The highest BCUT2D eigenvalue weighted by atomic mass is 32.1. The lowest BCUT2D eigenvalue weighted by atomic mass is 10.0. The summed E-state index contributed by atoms with van der Waals surface area (Å²) < 4.78 is 5.24. The van der Waals surface area contributed by atoms with E-state index < -0.39 is 5.41 Å². The van der Waals surface area contributed by atoms with Gasteiger partial charge in [0.25, 0.3) is 0 Å². The van der Waals surface area contributed by atoms with E-state index in [1.807, 2.05) is 23.6 Å². The van der Waals surface area contributed by atoms with E-state index in [-0.39, 0.29) is 5.91 Å². The highest BCUT2D eigenvalue weighted by Gasteiger charge is 2.52. The van der Waals surface area contributed by atoms with Crippen molar-refractivity contribution in [2.45, 2.75) is 18.3 Å². The molecule has 16 heavy (non-hydrogen) atoms. The Morgan fingerprint density at radius 3 is 2.94 bits per heavy atom. The SMILES string of the molecule is NC(=O)C1(c2cc(-c3cccs3)on2)CC1. The molecule has 3 rings (SSSR count). The molecule has 0 spiro atoms. The van der Waals surface area contributed by atoms with Crippen LogP contribution in [0.25, 0.3) is 10.6 Å². The highest BCUT2D eigenvalue weighted by molar-refractivity contribution is 7.13. The zero-order chi connectivity index (χ0) is 11.2. The number of rotatable bonds is 3. The third kappa shape index (κ3) is 1.28. The maximum absolute atomic E-state index is 11.3. The average Bonchev–Trinajstić information content (AvgIpc) is 2.75. The van der Waals surface area contributed by atoms with Gasteiger partial charge < -0.3 is 10.3 Å². The second-order valence-electron chi connectivity index (χ2n) is 4.00. The van der Waals surface area contributed by atoms with Crippen molar-refractivity contribution in [3.63, 3.8) is 0 Å². The number of amides is 1. The van der Waals surface area contributed by atoms with Gasteiger partial charge in [0.2, 0.25) is 5.91 Å². The first-order valence-electron chi connectivity index (χ1n) is 5.03. The van der Waals surface area contributed by atoms with Crippen LogP contribution in [0.15, 0.2) is 28.1 Å². The molecule has 82 valence electrons. The minimum Gasteiger partial charge on any atom is -0.369 e. The fourth-order valence-corrected chi connectivity index (χ4v) is 2.46. The number of carbonyl (C=O) groups is 1. The molecule has 2 N–H and O–H groups in total. The van der Waals surface area contributed by atoms with Crippen LogP contribution in [0.4, 0.5) is 0 Å². The molecule has 0 radical (unpaired) electrons. The summed E-state index contributed by atoms with van der Waals surface area (Å²) in [5, 5.41) is 5.93. The van der Waals surface area contributed by atoms with Gasteiger partial charge in [-0.3, -0.25) is 4.79 Å². The zero-order valence-electron chi connectivity index (χ0n) is 8.47. The van der Waals surface area contributed by atoms with Crippen LogP contribution < -0.4 is 5.73 Å². The van der Waals surface area contributed by atoms with Crippen molar-refractivity contribution >= 4 is 17.2 Å². The van der Waals surface area contributed by atoms with Crippen LogP contribution in [-0.2, 0) is 10.2 Å². The summed E-state index contributed by atoms with van der Waals surface area (Å²) in [4.78, 5) is 12.3. The molecule has 1 amide bonds. The third-order valence-corrected chi connectivity index (χ3v) is 3.87. The van der Waals surface area contributed by atoms with Gasteiger partial charge in [0.05, 0.1) is 16.0 Å². The Balaban J connectivity index is 1.98. The van der Waals surface area contributed by atoms with E-state index in [4.69, 9.17) is 10.3 Å². The summed E-state index contributed by atoms with van der Waals surface area (Å²) in [5.41, 5.74) is 5.49. The van der Waals surface area contributed by atoms with E-state index >= 15 is 0 Å². The number of thiophene rings is 1. The topological polar surface area (TPSA) is 69.1 Å². The minimum atomic E-state index is -0.557. The molecular formula is C11H10N2O2S. The van der Waals surface area contributed by atoms with Crippen LogP contribution in [0.2, 0.25) is 0 Å². The monoisotopic (exact) mass is 234 g/mol. The summed E-state index contributed by atoms with van der Waals surface area (Å²) in [6.45, 7) is 0. The molecular weight excluding hydrogens is 224 g/mol. The molecule has 5 heteroatoms. The number of primary amides is 1. The average molecular weight is 234 g/mol. The molecule has 0 atom stereocenters. The lowest BCUT2D eigenvalue weighted by Crippen LogP contribution is -2.28. The van der Waals surface area contributed by atoms with Crippen molar-refractivity contribution in [2.24, 2.45) is 5.73 Å². The highest BCUT2D eigenvalue weighted by Crippen LogP contribution is 2.48. The third-order valence-electron chi connectivity index (χ3n) is 2.99. The lowest BCUT2D eigenvalue weighted by Gasteiger charge is -2.03. The molecule has 0 aliphatic heterocycles. The maximum Gasteiger partial charge on any atom is 0.229 e. The second kappa shape index (κ2) is 3.18. The largest absolute Gasteiger partial charge is 0.369 e. The Morgan fingerprint density at radius 1 is 1.56 bits per heavy atom. The van der Waals surface area contributed by atoms with Gasteiger partial charge in [0.1, 0.15) is 0 Å². The Hall–Kier alpha value is -1.62. The summed E-state index contributed by atoms with van der Waals surface area (Å²) in [5.74, 6) is 0.399. The zero-order valence-corrected chi connectivity index (χ0v) is 9.29. The van der Waals surface area contributed by atoms with Gasteiger partial charge in [-0.05, 0) is 24.3 Å². The quantitative estimate of drug-likeness (QED) is 0.882. The first kappa shape index (κ1) is 9.59. The molecule has 0 aromatic carbocycles. The van der Waals surface area contributed by atoms with E-state index in [0.29, 0.717) is 11.5 Å². The molecule has 0 unspecified atom stereocenters. The van der Waals surface area contributed by atoms with Gasteiger partial charge >= 0.3 is 0 Å². The molecule has 1 saturated carbocycles. The van der Waals surface area contributed by atoms with Crippen molar-refractivity contribution in [1.82, 2.24) is 5.16 Å². The van der Waals surface area contributed by atoms with E-state index in [9.17, 15) is 4.79 Å². The minimum absolute atomic E-state index is 0.307. The van der Waals surface area contributed by atoms with Crippen molar-refractivity contribution in [3.8, 4) is 10.6 Å². The molecule has 1 fully saturated rings. The van der Waals surface area contributed by atoms with Gasteiger partial charge in [-0.25, -0.2) is 0 Å². The Bertz CT molecular complexity index is 526. The van der Waals surface area contributed by atoms with Crippen LogP contribution in [0.1, 0.15) is 18.5 Å². The summed E-state index contributed by atoms with van der Waals surface area (Å²) in [7, 11) is 0. The normalized spacial score (nSPS) is 17.2. The van der Waals surface area contributed by atoms with E-state index in [0.717, 1.165) is 17.7 Å². The van der Waals surface area contributed by atoms with Gasteiger partial charge in [0.15, 0.2) is 5.76 Å².